The molecule has 0 spiro atoms. The quantitative estimate of drug-likeness (QED) is 0.604. The van der Waals surface area contributed by atoms with E-state index in [1.54, 1.807) is 48.7 Å². The molecule has 0 aliphatic rings. The topological polar surface area (TPSA) is 58.5 Å². The number of nitrogens with one attached hydrogen (secondary N) is 1. The third kappa shape index (κ3) is 5.14. The summed E-state index contributed by atoms with van der Waals surface area (Å²) in [4.78, 5) is 4.49. The zero-order valence-corrected chi connectivity index (χ0v) is 16.2. The van der Waals surface area contributed by atoms with Gasteiger partial charge in [-0.3, -0.25) is 9.71 Å². The number of aryl methyl sites for hydroxylation is 1. The Morgan fingerprint density at radius 1 is 1.17 bits per heavy atom. The lowest BCUT2D eigenvalue weighted by Gasteiger charge is -2.10. The van der Waals surface area contributed by atoms with Gasteiger partial charge in [-0.05, 0) is 43.0 Å². The van der Waals surface area contributed by atoms with Crippen molar-refractivity contribution in [2.45, 2.75) is 18.4 Å². The Balaban J connectivity index is 2.17. The molecule has 0 amide bonds. The molecule has 2 aromatic rings. The number of hydrogen-bond donors (Lipinski definition) is 1. The Labute approximate surface area is 156 Å². The SMILES string of the molecule is CSC(=NCc1ccc(Cl)cc1Cl)NS(=O)(=O)c1ccc(C)cc1. The molecule has 0 aliphatic heterocycles. The molecule has 4 nitrogen and oxygen atoms in total. The van der Waals surface area contributed by atoms with E-state index in [9.17, 15) is 8.42 Å². The highest BCUT2D eigenvalue weighted by Gasteiger charge is 2.15. The minimum atomic E-state index is -3.67. The third-order valence-electron chi connectivity index (χ3n) is 3.15. The van der Waals surface area contributed by atoms with Gasteiger partial charge in [0.05, 0.1) is 11.4 Å². The van der Waals surface area contributed by atoms with E-state index in [0.717, 1.165) is 11.1 Å². The highest BCUT2D eigenvalue weighted by molar-refractivity contribution is 8.14. The minimum absolute atomic E-state index is 0.194. The third-order valence-corrected chi connectivity index (χ3v) is 5.84. The largest absolute Gasteiger partial charge is 0.263 e. The number of benzene rings is 2. The summed E-state index contributed by atoms with van der Waals surface area (Å²) in [6, 6.07) is 11.7. The molecule has 0 aliphatic carbocycles. The van der Waals surface area contributed by atoms with Crippen molar-refractivity contribution < 1.29 is 8.42 Å². The highest BCUT2D eigenvalue weighted by Crippen LogP contribution is 2.22. The molecule has 0 aromatic heterocycles. The van der Waals surface area contributed by atoms with Crippen LogP contribution in [0.2, 0.25) is 10.0 Å². The van der Waals surface area contributed by atoms with Gasteiger partial charge in [0.2, 0.25) is 0 Å². The van der Waals surface area contributed by atoms with Crippen molar-refractivity contribution in [3.63, 3.8) is 0 Å². The molecule has 8 heteroatoms. The zero-order valence-electron chi connectivity index (χ0n) is 13.1. The summed E-state index contributed by atoms with van der Waals surface area (Å²) in [6.45, 7) is 2.15. The molecule has 0 saturated carbocycles. The van der Waals surface area contributed by atoms with E-state index in [1.165, 1.54) is 11.8 Å². The van der Waals surface area contributed by atoms with Crippen LogP contribution in [0.3, 0.4) is 0 Å². The number of aliphatic imine (C=N–C) groups is 1. The molecule has 0 unspecified atom stereocenters. The lowest BCUT2D eigenvalue weighted by molar-refractivity contribution is 0.593. The molecule has 2 aromatic carbocycles. The summed E-state index contributed by atoms with van der Waals surface area (Å²) in [5.74, 6) is 0. The molecule has 0 bridgehead atoms. The Hall–Kier alpha value is -1.21. The summed E-state index contributed by atoms with van der Waals surface area (Å²) >= 11 is 13.2. The van der Waals surface area contributed by atoms with E-state index in [0.29, 0.717) is 15.2 Å². The van der Waals surface area contributed by atoms with Crippen LogP contribution in [0.1, 0.15) is 11.1 Å². The van der Waals surface area contributed by atoms with Crippen molar-refractivity contribution in [1.82, 2.24) is 4.72 Å². The molecule has 0 fully saturated rings. The van der Waals surface area contributed by atoms with Crippen LogP contribution >= 0.6 is 35.0 Å². The normalized spacial score (nSPS) is 12.2. The van der Waals surface area contributed by atoms with E-state index in [-0.39, 0.29) is 11.4 Å². The van der Waals surface area contributed by atoms with E-state index in [1.807, 2.05) is 6.92 Å². The first kappa shape index (κ1) is 19.1. The summed E-state index contributed by atoms with van der Waals surface area (Å²) in [7, 11) is -3.67. The van der Waals surface area contributed by atoms with Crippen LogP contribution < -0.4 is 4.72 Å². The van der Waals surface area contributed by atoms with E-state index >= 15 is 0 Å². The number of nitrogens with zero attached hydrogens (tertiary/aromatic N) is 1. The predicted molar refractivity (Wildman–Crippen MR) is 103 cm³/mol. The summed E-state index contributed by atoms with van der Waals surface area (Å²) in [5, 5.41) is 1.33. The minimum Gasteiger partial charge on any atom is -0.258 e. The average molecular weight is 403 g/mol. The fraction of sp³-hybridized carbons (Fsp3) is 0.188. The van der Waals surface area contributed by atoms with Gasteiger partial charge in [0.1, 0.15) is 0 Å². The molecule has 0 radical (unpaired) electrons. The molecule has 128 valence electrons. The second-order valence-electron chi connectivity index (χ2n) is 4.98. The maximum Gasteiger partial charge on any atom is 0.263 e. The van der Waals surface area contributed by atoms with Crippen LogP contribution in [0.25, 0.3) is 0 Å². The maximum atomic E-state index is 12.4. The maximum absolute atomic E-state index is 12.4. The summed E-state index contributed by atoms with van der Waals surface area (Å²) < 4.78 is 27.3. The first-order valence-corrected chi connectivity index (χ1v) is 10.4. The Kier molecular flexibility index (Phi) is 6.57. The van der Waals surface area contributed by atoms with Crippen LogP contribution in [0.5, 0.6) is 0 Å². The number of halogens is 2. The predicted octanol–water partition coefficient (Wildman–Crippen LogP) is 4.50. The molecule has 1 N–H and O–H groups in total. The lowest BCUT2D eigenvalue weighted by Crippen LogP contribution is -2.28. The number of hydrogen-bond acceptors (Lipinski definition) is 4. The molecule has 0 atom stereocenters. The Morgan fingerprint density at radius 2 is 1.83 bits per heavy atom. The highest BCUT2D eigenvalue weighted by atomic mass is 35.5. The van der Waals surface area contributed by atoms with Gasteiger partial charge in [0.15, 0.2) is 5.17 Å². The first-order valence-electron chi connectivity index (χ1n) is 6.93. The van der Waals surface area contributed by atoms with Gasteiger partial charge in [-0.1, -0.05) is 58.7 Å². The van der Waals surface area contributed by atoms with E-state index in [2.05, 4.69) is 9.71 Å². The first-order chi connectivity index (χ1) is 11.3. The van der Waals surface area contributed by atoms with Gasteiger partial charge >= 0.3 is 0 Å². The zero-order chi connectivity index (χ0) is 17.7. The van der Waals surface area contributed by atoms with Crippen molar-refractivity contribution in [2.24, 2.45) is 4.99 Å². The van der Waals surface area contributed by atoms with Gasteiger partial charge in [0, 0.05) is 10.0 Å². The van der Waals surface area contributed by atoms with E-state index in [4.69, 9.17) is 23.2 Å². The standard InChI is InChI=1S/C16H16Cl2N2O2S2/c1-11-3-7-14(8-4-11)24(21,22)20-16(23-2)19-10-12-5-6-13(17)9-15(12)18/h3-9H,10H2,1-2H3,(H,19,20). The number of thioether (sulfide) groups is 1. The van der Waals surface area contributed by atoms with Gasteiger partial charge in [-0.15, -0.1) is 0 Å². The van der Waals surface area contributed by atoms with Crippen molar-refractivity contribution in [2.75, 3.05) is 6.26 Å². The van der Waals surface area contributed by atoms with Crippen LogP contribution in [0, 0.1) is 6.92 Å². The van der Waals surface area contributed by atoms with Crippen molar-refractivity contribution >= 4 is 50.2 Å². The van der Waals surface area contributed by atoms with Gasteiger partial charge < -0.3 is 0 Å². The fourth-order valence-electron chi connectivity index (χ4n) is 1.84. The summed E-state index contributed by atoms with van der Waals surface area (Å²) in [6.07, 6.45) is 1.75. The monoisotopic (exact) mass is 402 g/mol. The van der Waals surface area contributed by atoms with Crippen molar-refractivity contribution in [3.05, 3.63) is 63.6 Å². The van der Waals surface area contributed by atoms with Crippen molar-refractivity contribution in [1.29, 1.82) is 0 Å². The fourth-order valence-corrected chi connectivity index (χ4v) is 4.07. The number of sulfonamides is 1. The second kappa shape index (κ2) is 8.25. The Bertz CT molecular complexity index is 851. The van der Waals surface area contributed by atoms with Gasteiger partial charge in [0.25, 0.3) is 10.0 Å². The van der Waals surface area contributed by atoms with Crippen LogP contribution in [0.4, 0.5) is 0 Å². The van der Waals surface area contributed by atoms with E-state index < -0.39 is 10.0 Å². The van der Waals surface area contributed by atoms with Gasteiger partial charge in [-0.25, -0.2) is 8.42 Å². The average Bonchev–Trinajstić information content (AvgIpc) is 2.53. The second-order valence-corrected chi connectivity index (χ2v) is 8.30. The van der Waals surface area contributed by atoms with Crippen LogP contribution in [-0.2, 0) is 16.6 Å². The molecule has 0 heterocycles. The summed E-state index contributed by atoms with van der Waals surface area (Å²) in [5.41, 5.74) is 1.76. The number of amidine groups is 1. The molecular formula is C16H16Cl2N2O2S2. The lowest BCUT2D eigenvalue weighted by atomic mass is 10.2. The molecular weight excluding hydrogens is 387 g/mol. The van der Waals surface area contributed by atoms with Crippen molar-refractivity contribution in [3.8, 4) is 0 Å². The molecule has 24 heavy (non-hydrogen) atoms. The molecule has 2 rings (SSSR count). The Morgan fingerprint density at radius 3 is 2.42 bits per heavy atom. The van der Waals surface area contributed by atoms with Crippen LogP contribution in [-0.4, -0.2) is 19.8 Å². The smallest absolute Gasteiger partial charge is 0.258 e. The van der Waals surface area contributed by atoms with Gasteiger partial charge in [-0.2, -0.15) is 0 Å². The molecule has 0 saturated heterocycles. The van der Waals surface area contributed by atoms with Crippen LogP contribution in [0.15, 0.2) is 52.4 Å². The number of rotatable bonds is 4.